The van der Waals surface area contributed by atoms with Gasteiger partial charge in [-0.25, -0.2) is 11.0 Å². The zero-order valence-electron chi connectivity index (χ0n) is 36.9. The molecule has 2 saturated heterocycles. The van der Waals surface area contributed by atoms with Crippen LogP contribution in [-0.4, -0.2) is 99.3 Å². The van der Waals surface area contributed by atoms with Gasteiger partial charge in [0.1, 0.15) is 9.79 Å². The number of ether oxygens (including phenoxy) is 2. The number of para-hydroxylation sites is 2. The molecule has 2 aromatic heterocycles. The Morgan fingerprint density at radius 2 is 0.828 bits per heavy atom. The Morgan fingerprint density at radius 3 is 1.22 bits per heavy atom. The zero-order chi connectivity index (χ0) is 42.8. The largest absolute Gasteiger partial charge is 1.00 e. The van der Waals surface area contributed by atoms with E-state index in [1.165, 1.54) is 48.6 Å². The Bertz CT molecular complexity index is 2560. The molecule has 0 aliphatic carbocycles. The van der Waals surface area contributed by atoms with E-state index in [0.29, 0.717) is 64.0 Å². The number of nitrogens with one attached hydrogen (secondary N) is 4. The van der Waals surface area contributed by atoms with Crippen LogP contribution in [0.5, 0.6) is 0 Å². The molecule has 6 aromatic rings. The predicted molar refractivity (Wildman–Crippen MR) is 233 cm³/mol. The van der Waals surface area contributed by atoms with E-state index in [0.717, 1.165) is 0 Å². The number of benzene rings is 4. The summed E-state index contributed by atoms with van der Waals surface area (Å²) >= 11 is 0. The van der Waals surface area contributed by atoms with E-state index in [-0.39, 0.29) is 119 Å². The van der Waals surface area contributed by atoms with Crippen molar-refractivity contribution < 1.29 is 96.8 Å². The van der Waals surface area contributed by atoms with Gasteiger partial charge in [0.15, 0.2) is 0 Å². The number of rotatable bonds is 16. The van der Waals surface area contributed by atoms with Crippen LogP contribution in [-0.2, 0) is 38.3 Å². The second-order valence-corrected chi connectivity index (χ2v) is 16.5. The van der Waals surface area contributed by atoms with E-state index in [9.17, 15) is 16.8 Å². The van der Waals surface area contributed by atoms with Crippen LogP contribution >= 0.6 is 0 Å². The molecular formula is C40H42N12Na2O8S2. The van der Waals surface area contributed by atoms with Gasteiger partial charge in [-0.1, -0.05) is 84.9 Å². The van der Waals surface area contributed by atoms with Crippen molar-refractivity contribution in [3.63, 3.8) is 0 Å². The maximum atomic E-state index is 13.7. The van der Waals surface area contributed by atoms with Crippen LogP contribution in [0.3, 0.4) is 0 Å². The standard InChI is InChI=1S/C40H40N12O8S2.2Na.2H/c53-61(54,59-49-37-43-35(41-31-13-3-1-4-14-31)45-39(47-37)51-21-25-57-26-22-51)33-17-9-7-11-29(33)19-20-30-12-8-10-18-34(30)62(55,56)60-50-38-44-36(42-32-15-5-2-6-16-32)46-40(48-38)52-23-27-58-28-24-52;;;;/h1-20H,21-28H2,(H2,41,43,45,47,49)(H2,42,44,46,48,50);;;;/q;2*+1;2*-1. The van der Waals surface area contributed by atoms with Gasteiger partial charge in [0.2, 0.25) is 23.8 Å². The average molecular weight is 929 g/mol. The fraction of sp³-hybridized carbons (Fsp3) is 0.200. The molecule has 4 N–H and O–H groups in total. The third-order valence-corrected chi connectivity index (χ3v) is 11.6. The minimum Gasteiger partial charge on any atom is -1.00 e. The van der Waals surface area contributed by atoms with Crippen LogP contribution in [0.25, 0.3) is 12.2 Å². The van der Waals surface area contributed by atoms with Gasteiger partial charge in [-0.2, -0.15) is 46.7 Å². The SMILES string of the molecule is O=S(=O)(ONc1nc(Nc2ccccc2)nc(N2CCOCC2)n1)c1ccccc1C=Cc1ccccc1S(=O)(=O)ONc1nc(Nc2ccccc2)nc(N2CCOCC2)n1.[H-].[H-].[Na+].[Na+]. The topological polar surface area (TPSA) is 237 Å². The summed E-state index contributed by atoms with van der Waals surface area (Å²) in [6, 6.07) is 30.5. The normalized spacial score (nSPS) is 14.2. The summed E-state index contributed by atoms with van der Waals surface area (Å²) in [5.41, 5.74) is 6.56. The van der Waals surface area contributed by atoms with Crippen LogP contribution < -0.4 is 90.5 Å². The first-order chi connectivity index (χ1) is 30.2. The molecular weight excluding hydrogens is 887 g/mol. The second kappa shape index (κ2) is 22.9. The van der Waals surface area contributed by atoms with Gasteiger partial charge < -0.3 is 32.8 Å². The molecule has 0 radical (unpaired) electrons. The molecule has 0 unspecified atom stereocenters. The summed E-state index contributed by atoms with van der Waals surface area (Å²) in [6.07, 6.45) is 2.89. The first-order valence-electron chi connectivity index (χ1n) is 19.3. The quantitative estimate of drug-likeness (QED) is 0.0522. The fourth-order valence-electron chi connectivity index (χ4n) is 6.19. The van der Waals surface area contributed by atoms with Gasteiger partial charge in [-0.15, -0.1) is 8.57 Å². The predicted octanol–water partition coefficient (Wildman–Crippen LogP) is -0.915. The number of anilines is 8. The van der Waals surface area contributed by atoms with Gasteiger partial charge in [0.25, 0.3) is 11.9 Å². The Kier molecular flexibility index (Phi) is 17.4. The first-order valence-corrected chi connectivity index (χ1v) is 22.1. The third kappa shape index (κ3) is 12.9. The van der Waals surface area contributed by atoms with E-state index in [1.807, 2.05) is 70.5 Å². The minimum absolute atomic E-state index is 0. The van der Waals surface area contributed by atoms with E-state index < -0.39 is 20.2 Å². The summed E-state index contributed by atoms with van der Waals surface area (Å²) < 4.78 is 76.4. The molecule has 24 heteroatoms. The third-order valence-electron chi connectivity index (χ3n) is 9.20. The Hall–Kier alpha value is -4.82. The van der Waals surface area contributed by atoms with E-state index in [2.05, 4.69) is 51.5 Å². The zero-order valence-corrected chi connectivity index (χ0v) is 40.5. The molecule has 0 spiro atoms. The van der Waals surface area contributed by atoms with Crippen molar-refractivity contribution in [1.82, 2.24) is 29.9 Å². The molecule has 8 rings (SSSR count). The maximum Gasteiger partial charge on any atom is 1.00 e. The van der Waals surface area contributed by atoms with Crippen LogP contribution in [0, 0.1) is 0 Å². The molecule has 20 nitrogen and oxygen atoms in total. The van der Waals surface area contributed by atoms with Crippen molar-refractivity contribution in [3.05, 3.63) is 120 Å². The van der Waals surface area contributed by atoms with E-state index in [4.69, 9.17) is 18.0 Å². The van der Waals surface area contributed by atoms with E-state index in [1.54, 1.807) is 12.1 Å². The second-order valence-electron chi connectivity index (χ2n) is 13.4. The molecule has 64 heavy (non-hydrogen) atoms. The molecule has 324 valence electrons. The fourth-order valence-corrected chi connectivity index (χ4v) is 8.08. The van der Waals surface area contributed by atoms with Gasteiger partial charge >= 0.3 is 79.4 Å². The molecule has 0 atom stereocenters. The van der Waals surface area contributed by atoms with E-state index >= 15 is 0 Å². The van der Waals surface area contributed by atoms with Gasteiger partial charge in [0, 0.05) is 37.6 Å². The van der Waals surface area contributed by atoms with Crippen molar-refractivity contribution in [2.24, 2.45) is 0 Å². The number of hydrogen-bond donors (Lipinski definition) is 4. The molecule has 0 bridgehead atoms. The molecule has 2 aliphatic rings. The number of nitrogens with zero attached hydrogens (tertiary/aromatic N) is 8. The van der Waals surface area contributed by atoms with Crippen molar-refractivity contribution in [3.8, 4) is 0 Å². The number of hydrogen-bond acceptors (Lipinski definition) is 20. The summed E-state index contributed by atoms with van der Waals surface area (Å²) in [6.45, 7) is 3.94. The van der Waals surface area contributed by atoms with Crippen LogP contribution in [0.15, 0.2) is 119 Å². The van der Waals surface area contributed by atoms with Gasteiger partial charge in [-0.05, 0) is 47.5 Å². The smallest absolute Gasteiger partial charge is 1.00 e. The first kappa shape index (κ1) is 48.6. The van der Waals surface area contributed by atoms with Gasteiger partial charge in [-0.3, -0.25) is 0 Å². The minimum atomic E-state index is -4.52. The summed E-state index contributed by atoms with van der Waals surface area (Å²) in [5.74, 6) is 0.561. The van der Waals surface area contributed by atoms with Crippen molar-refractivity contribution in [2.75, 3.05) is 84.0 Å². The van der Waals surface area contributed by atoms with Gasteiger partial charge in [0.05, 0.1) is 26.4 Å². The average Bonchev–Trinajstić information content (AvgIpc) is 3.31. The van der Waals surface area contributed by atoms with Crippen molar-refractivity contribution in [1.29, 1.82) is 0 Å². The Morgan fingerprint density at radius 1 is 0.484 bits per heavy atom. The Balaban J connectivity index is 0.00000238. The Labute approximate surface area is 417 Å². The molecule has 2 aliphatic heterocycles. The van der Waals surface area contributed by atoms with Crippen molar-refractivity contribution in [2.45, 2.75) is 9.79 Å². The summed E-state index contributed by atoms with van der Waals surface area (Å²) in [7, 11) is -9.04. The maximum absolute atomic E-state index is 13.7. The molecule has 0 saturated carbocycles. The molecule has 4 aromatic carbocycles. The molecule has 2 fully saturated rings. The summed E-state index contributed by atoms with van der Waals surface area (Å²) in [4.78, 5) is 29.8. The monoisotopic (exact) mass is 928 g/mol. The molecule has 4 heterocycles. The van der Waals surface area contributed by atoms with Crippen molar-refractivity contribution >= 4 is 79.5 Å². The van der Waals surface area contributed by atoms with Crippen LogP contribution in [0.1, 0.15) is 14.0 Å². The number of aromatic nitrogens is 6. The van der Waals surface area contributed by atoms with Crippen LogP contribution in [0.2, 0.25) is 0 Å². The number of morpholine rings is 2. The summed E-state index contributed by atoms with van der Waals surface area (Å²) in [5, 5.41) is 6.21. The van der Waals surface area contributed by atoms with Crippen LogP contribution in [0.4, 0.5) is 47.1 Å². The molecule has 0 amide bonds.